The first kappa shape index (κ1) is 17.1. The Bertz CT molecular complexity index is 527. The van der Waals surface area contributed by atoms with Gasteiger partial charge in [0.25, 0.3) is 0 Å². The van der Waals surface area contributed by atoms with Gasteiger partial charge in [-0.2, -0.15) is 31.6 Å². The highest BCUT2D eigenvalue weighted by Gasteiger charge is 2.35. The molecule has 0 bridgehead atoms. The van der Waals surface area contributed by atoms with Gasteiger partial charge in [0, 0.05) is 12.2 Å². The number of nitrogens with zero attached hydrogens (tertiary/aromatic N) is 2. The van der Waals surface area contributed by atoms with E-state index in [0.29, 0.717) is 12.5 Å². The van der Waals surface area contributed by atoms with Crippen LogP contribution in [0.1, 0.15) is 24.5 Å². The van der Waals surface area contributed by atoms with E-state index >= 15 is 0 Å². The van der Waals surface area contributed by atoms with Gasteiger partial charge >= 0.3 is 12.4 Å². The predicted molar refractivity (Wildman–Crippen MR) is 64.7 cm³/mol. The maximum atomic E-state index is 12.8. The summed E-state index contributed by atoms with van der Waals surface area (Å²) < 4.78 is 75.9. The summed E-state index contributed by atoms with van der Waals surface area (Å²) in [5.41, 5.74) is -2.05. The lowest BCUT2D eigenvalue weighted by Gasteiger charge is -2.26. The number of rotatable bonds is 4. The van der Waals surface area contributed by atoms with Gasteiger partial charge in [-0.3, -0.25) is 0 Å². The van der Waals surface area contributed by atoms with Crippen molar-refractivity contribution in [3.63, 3.8) is 0 Å². The van der Waals surface area contributed by atoms with Gasteiger partial charge in [-0.15, -0.1) is 0 Å². The van der Waals surface area contributed by atoms with Crippen LogP contribution in [0.2, 0.25) is 0 Å². The molecule has 0 aliphatic rings. The largest absolute Gasteiger partial charge is 0.417 e. The molecule has 0 spiro atoms. The van der Waals surface area contributed by atoms with E-state index in [2.05, 4.69) is 0 Å². The maximum absolute atomic E-state index is 12.8. The SMILES string of the molecule is CCCN(CC(F)(F)F)c1ccc(C#N)c(C(F)(F)F)c1. The maximum Gasteiger partial charge on any atom is 0.417 e. The van der Waals surface area contributed by atoms with Gasteiger partial charge in [0.1, 0.15) is 6.54 Å². The second-order valence-electron chi connectivity index (χ2n) is 4.38. The van der Waals surface area contributed by atoms with E-state index in [1.165, 1.54) is 6.07 Å². The molecule has 0 amide bonds. The summed E-state index contributed by atoms with van der Waals surface area (Å²) in [6, 6.07) is 3.95. The molecule has 2 nitrogen and oxygen atoms in total. The van der Waals surface area contributed by atoms with Crippen LogP contribution in [0, 0.1) is 11.3 Å². The van der Waals surface area contributed by atoms with Crippen LogP contribution in [0.5, 0.6) is 0 Å². The summed E-state index contributed by atoms with van der Waals surface area (Å²) in [6.07, 6.45) is -8.98. The number of hydrogen-bond acceptors (Lipinski definition) is 2. The fourth-order valence-electron chi connectivity index (χ4n) is 1.85. The summed E-state index contributed by atoms with van der Waals surface area (Å²) >= 11 is 0. The van der Waals surface area contributed by atoms with Crippen LogP contribution in [0.15, 0.2) is 18.2 Å². The average molecular weight is 310 g/mol. The summed E-state index contributed by atoms with van der Waals surface area (Å²) in [5, 5.41) is 8.66. The molecule has 21 heavy (non-hydrogen) atoms. The van der Waals surface area contributed by atoms with Gasteiger partial charge in [-0.05, 0) is 24.6 Å². The number of halogens is 6. The van der Waals surface area contributed by atoms with E-state index in [1.807, 2.05) is 0 Å². The summed E-state index contributed by atoms with van der Waals surface area (Å²) in [7, 11) is 0. The van der Waals surface area contributed by atoms with E-state index in [4.69, 9.17) is 5.26 Å². The lowest BCUT2D eigenvalue weighted by atomic mass is 10.1. The molecule has 0 saturated heterocycles. The van der Waals surface area contributed by atoms with Crippen molar-refractivity contribution in [2.24, 2.45) is 0 Å². The standard InChI is InChI=1S/C13H12F6N2/c1-2-5-21(8-12(14,15)16)10-4-3-9(7-20)11(6-10)13(17,18)19/h3-4,6H,2,5,8H2,1H3. The molecule has 0 atom stereocenters. The van der Waals surface area contributed by atoms with Crippen molar-refractivity contribution in [3.8, 4) is 6.07 Å². The van der Waals surface area contributed by atoms with Crippen molar-refractivity contribution in [2.45, 2.75) is 25.7 Å². The van der Waals surface area contributed by atoms with Gasteiger partial charge < -0.3 is 4.90 Å². The Morgan fingerprint density at radius 1 is 1.14 bits per heavy atom. The predicted octanol–water partition coefficient (Wildman–Crippen LogP) is 4.36. The minimum atomic E-state index is -4.79. The molecular formula is C13H12F6N2. The molecule has 0 heterocycles. The molecular weight excluding hydrogens is 298 g/mol. The quantitative estimate of drug-likeness (QED) is 0.773. The Hall–Kier alpha value is -1.91. The van der Waals surface area contributed by atoms with Crippen LogP contribution in [-0.4, -0.2) is 19.3 Å². The van der Waals surface area contributed by atoms with Crippen LogP contribution in [0.25, 0.3) is 0 Å². The van der Waals surface area contributed by atoms with Crippen molar-refractivity contribution in [1.29, 1.82) is 5.26 Å². The van der Waals surface area contributed by atoms with Crippen molar-refractivity contribution < 1.29 is 26.3 Å². The van der Waals surface area contributed by atoms with Crippen molar-refractivity contribution >= 4 is 5.69 Å². The lowest BCUT2D eigenvalue weighted by Crippen LogP contribution is -2.35. The number of benzene rings is 1. The molecule has 1 aromatic carbocycles. The second kappa shape index (κ2) is 6.24. The van der Waals surface area contributed by atoms with Crippen molar-refractivity contribution in [1.82, 2.24) is 0 Å². The van der Waals surface area contributed by atoms with Gasteiger partial charge in [0.05, 0.1) is 17.2 Å². The first-order valence-corrected chi connectivity index (χ1v) is 6.01. The summed E-state index contributed by atoms with van der Waals surface area (Å²) in [5.74, 6) is 0. The zero-order valence-corrected chi connectivity index (χ0v) is 11.0. The number of anilines is 1. The minimum absolute atomic E-state index is 0.0390. The topological polar surface area (TPSA) is 27.0 Å². The average Bonchev–Trinajstić information content (AvgIpc) is 2.35. The monoisotopic (exact) mass is 310 g/mol. The minimum Gasteiger partial charge on any atom is -0.363 e. The Balaban J connectivity index is 3.25. The number of nitriles is 1. The molecule has 1 rings (SSSR count). The van der Waals surface area contributed by atoms with Crippen LogP contribution in [-0.2, 0) is 6.18 Å². The van der Waals surface area contributed by atoms with Gasteiger partial charge in [-0.1, -0.05) is 6.92 Å². The van der Waals surface area contributed by atoms with Crippen LogP contribution >= 0.6 is 0 Å². The molecule has 1 aromatic rings. The zero-order valence-electron chi connectivity index (χ0n) is 11.0. The normalized spacial score (nSPS) is 12.1. The van der Waals surface area contributed by atoms with E-state index in [0.717, 1.165) is 17.0 Å². The molecule has 0 radical (unpaired) electrons. The Labute approximate surface area is 117 Å². The van der Waals surface area contributed by atoms with Crippen LogP contribution < -0.4 is 4.90 Å². The molecule has 0 saturated carbocycles. The third-order valence-electron chi connectivity index (χ3n) is 2.66. The van der Waals surface area contributed by atoms with Crippen molar-refractivity contribution in [2.75, 3.05) is 18.0 Å². The zero-order chi connectivity index (χ0) is 16.3. The smallest absolute Gasteiger partial charge is 0.363 e. The number of alkyl halides is 6. The molecule has 116 valence electrons. The molecule has 0 aromatic heterocycles. The Morgan fingerprint density at radius 3 is 2.19 bits per heavy atom. The Morgan fingerprint density at radius 2 is 1.76 bits per heavy atom. The first-order valence-electron chi connectivity index (χ1n) is 6.01. The molecule has 8 heteroatoms. The molecule has 0 unspecified atom stereocenters. The molecule has 0 aliphatic carbocycles. The van der Waals surface area contributed by atoms with E-state index in [9.17, 15) is 26.3 Å². The van der Waals surface area contributed by atoms with E-state index in [-0.39, 0.29) is 12.2 Å². The van der Waals surface area contributed by atoms with Crippen molar-refractivity contribution in [3.05, 3.63) is 29.3 Å². The third-order valence-corrected chi connectivity index (χ3v) is 2.66. The van der Waals surface area contributed by atoms with Gasteiger partial charge in [0.2, 0.25) is 0 Å². The van der Waals surface area contributed by atoms with Crippen LogP contribution in [0.3, 0.4) is 0 Å². The van der Waals surface area contributed by atoms with E-state index in [1.54, 1.807) is 6.92 Å². The van der Waals surface area contributed by atoms with Crippen LogP contribution in [0.4, 0.5) is 32.0 Å². The fourth-order valence-corrected chi connectivity index (χ4v) is 1.85. The third kappa shape index (κ3) is 4.85. The first-order chi connectivity index (χ1) is 9.58. The Kier molecular flexibility index (Phi) is 5.10. The molecule has 0 aliphatic heterocycles. The highest BCUT2D eigenvalue weighted by atomic mass is 19.4. The molecule has 0 N–H and O–H groups in total. The lowest BCUT2D eigenvalue weighted by molar-refractivity contribution is -0.137. The van der Waals surface area contributed by atoms with E-state index < -0.39 is 30.0 Å². The van der Waals surface area contributed by atoms with Gasteiger partial charge in [-0.25, -0.2) is 0 Å². The fraction of sp³-hybridized carbons (Fsp3) is 0.462. The molecule has 0 fully saturated rings. The summed E-state index contributed by atoms with van der Waals surface area (Å²) in [4.78, 5) is 0.816. The van der Waals surface area contributed by atoms with Gasteiger partial charge in [0.15, 0.2) is 0 Å². The highest BCUT2D eigenvalue weighted by molar-refractivity contribution is 5.55. The summed E-state index contributed by atoms with van der Waals surface area (Å²) in [6.45, 7) is 0.241. The highest BCUT2D eigenvalue weighted by Crippen LogP contribution is 2.35. The number of hydrogen-bond donors (Lipinski definition) is 0. The second-order valence-corrected chi connectivity index (χ2v) is 4.38.